The number of rotatable bonds is 6. The Morgan fingerprint density at radius 1 is 1.24 bits per heavy atom. The van der Waals surface area contributed by atoms with Crippen LogP contribution in [0, 0.1) is 5.92 Å². The van der Waals surface area contributed by atoms with Gasteiger partial charge in [0.2, 0.25) is 5.91 Å². The number of nitrogens with zero attached hydrogens (tertiary/aromatic N) is 3. The van der Waals surface area contributed by atoms with Crippen LogP contribution in [0.2, 0.25) is 10.0 Å². The Morgan fingerprint density at radius 3 is 2.79 bits per heavy atom. The number of nitrogens with two attached hydrogens (primary N) is 1. The molecule has 3 N–H and O–H groups in total. The monoisotopic (exact) mass is 573 g/mol. The van der Waals surface area contributed by atoms with Crippen LogP contribution < -0.4 is 20.6 Å². The molecule has 0 radical (unpaired) electrons. The number of piperidine rings is 1. The number of allylic oxidation sites excluding steroid dienone is 1. The van der Waals surface area contributed by atoms with Gasteiger partial charge in [-0.25, -0.2) is 4.99 Å². The SMILES string of the molecule is C=CC(=O)N1CCCC(C2=CC(Cl)(c3ccc(Oc4ccc(Cl)c(Cl)c4)c(OC)c3)C3=C(N)N=CNN23)C1. The van der Waals surface area contributed by atoms with Gasteiger partial charge in [-0.2, -0.15) is 0 Å². The standard InChI is InChI=1S/C27H26Cl3N5O3/c1-3-24(36)34-10-4-5-16(14-34)21-13-27(30,25-26(31)32-15-33-35(21)25)17-6-9-22(23(11-17)37-2)38-18-7-8-19(28)20(29)12-18/h3,6-9,11-13,15-16H,1,4-5,10,14,31H2,2H3,(H,32,33). The maximum atomic E-state index is 12.3. The number of hydrogen-bond acceptors (Lipinski definition) is 7. The van der Waals surface area contributed by atoms with E-state index in [4.69, 9.17) is 50.0 Å². The summed E-state index contributed by atoms with van der Waals surface area (Å²) in [6.45, 7) is 4.87. The number of nitrogens with one attached hydrogen (secondary N) is 1. The Bertz CT molecular complexity index is 1390. The number of hydrogen-bond donors (Lipinski definition) is 2. The predicted octanol–water partition coefficient (Wildman–Crippen LogP) is 5.53. The number of alkyl halides is 1. The van der Waals surface area contributed by atoms with E-state index in [1.165, 1.54) is 12.4 Å². The van der Waals surface area contributed by atoms with E-state index in [0.29, 0.717) is 51.6 Å². The molecule has 0 spiro atoms. The molecule has 1 amide bonds. The number of aliphatic imine (C=N–C) groups is 1. The molecule has 2 aromatic carbocycles. The van der Waals surface area contributed by atoms with Gasteiger partial charge in [0, 0.05) is 30.8 Å². The fourth-order valence-electron chi connectivity index (χ4n) is 5.00. The molecular formula is C27H26Cl3N5O3. The first-order valence-corrected chi connectivity index (χ1v) is 13.1. The van der Waals surface area contributed by atoms with Gasteiger partial charge in [-0.05, 0) is 54.8 Å². The van der Waals surface area contributed by atoms with Crippen molar-refractivity contribution in [3.8, 4) is 17.2 Å². The number of benzene rings is 2. The first-order valence-electron chi connectivity index (χ1n) is 12.0. The lowest BCUT2D eigenvalue weighted by Crippen LogP contribution is -2.45. The van der Waals surface area contributed by atoms with E-state index in [1.54, 1.807) is 36.3 Å². The van der Waals surface area contributed by atoms with Crippen molar-refractivity contribution >= 4 is 47.0 Å². The van der Waals surface area contributed by atoms with Crippen LogP contribution in [0.3, 0.4) is 0 Å². The molecule has 0 saturated carbocycles. The summed E-state index contributed by atoms with van der Waals surface area (Å²) in [6.07, 6.45) is 6.60. The van der Waals surface area contributed by atoms with Crippen LogP contribution in [0.4, 0.5) is 0 Å². The number of carbonyl (C=O) groups is 1. The first-order chi connectivity index (χ1) is 18.2. The Kier molecular flexibility index (Phi) is 7.22. The summed E-state index contributed by atoms with van der Waals surface area (Å²) in [7, 11) is 1.55. The topological polar surface area (TPSA) is 92.4 Å². The third kappa shape index (κ3) is 4.68. The second-order valence-corrected chi connectivity index (χ2v) is 10.5. The predicted molar refractivity (Wildman–Crippen MR) is 149 cm³/mol. The molecule has 198 valence electrons. The number of halogens is 3. The third-order valence-electron chi connectivity index (χ3n) is 6.83. The van der Waals surface area contributed by atoms with Gasteiger partial charge in [0.15, 0.2) is 11.5 Å². The molecule has 3 aliphatic rings. The van der Waals surface area contributed by atoms with E-state index in [0.717, 1.165) is 18.5 Å². The zero-order valence-corrected chi connectivity index (χ0v) is 22.9. The van der Waals surface area contributed by atoms with Gasteiger partial charge in [0.1, 0.15) is 28.5 Å². The number of carbonyl (C=O) groups excluding carboxylic acids is 1. The van der Waals surface area contributed by atoms with E-state index in [-0.39, 0.29) is 17.6 Å². The van der Waals surface area contributed by atoms with E-state index in [2.05, 4.69) is 17.0 Å². The largest absolute Gasteiger partial charge is 0.493 e. The highest BCUT2D eigenvalue weighted by atomic mass is 35.5. The number of ether oxygens (including phenoxy) is 2. The number of likely N-dealkylation sites (tertiary alicyclic amines) is 1. The van der Waals surface area contributed by atoms with Gasteiger partial charge in [-0.1, -0.05) is 35.8 Å². The van der Waals surface area contributed by atoms with Crippen molar-refractivity contribution in [2.45, 2.75) is 17.7 Å². The first kappa shape index (κ1) is 26.3. The number of amides is 1. The molecule has 1 saturated heterocycles. The van der Waals surface area contributed by atoms with Crippen molar-refractivity contribution in [3.05, 3.63) is 88.0 Å². The van der Waals surface area contributed by atoms with Crippen LogP contribution in [0.25, 0.3) is 0 Å². The normalized spacial score (nSPS) is 22.5. The minimum atomic E-state index is -1.15. The Morgan fingerprint density at radius 2 is 2.05 bits per heavy atom. The van der Waals surface area contributed by atoms with Crippen molar-refractivity contribution in [2.24, 2.45) is 16.6 Å². The van der Waals surface area contributed by atoms with Crippen LogP contribution in [0.15, 0.2) is 77.3 Å². The van der Waals surface area contributed by atoms with Gasteiger partial charge >= 0.3 is 0 Å². The lowest BCUT2D eigenvalue weighted by atomic mass is 9.91. The lowest BCUT2D eigenvalue weighted by molar-refractivity contribution is -0.127. The molecule has 3 aliphatic heterocycles. The number of fused-ring (bicyclic) bond motifs is 1. The zero-order valence-electron chi connectivity index (χ0n) is 20.6. The van der Waals surface area contributed by atoms with Gasteiger partial charge in [0.05, 0.1) is 17.2 Å². The van der Waals surface area contributed by atoms with Crippen LogP contribution in [0.1, 0.15) is 18.4 Å². The molecule has 0 aromatic heterocycles. The van der Waals surface area contributed by atoms with Crippen molar-refractivity contribution in [1.82, 2.24) is 15.3 Å². The minimum absolute atomic E-state index is 0.0363. The molecule has 8 nitrogen and oxygen atoms in total. The molecule has 3 heterocycles. The molecule has 2 atom stereocenters. The van der Waals surface area contributed by atoms with Crippen LogP contribution >= 0.6 is 34.8 Å². The smallest absolute Gasteiger partial charge is 0.245 e. The lowest BCUT2D eigenvalue weighted by Gasteiger charge is -2.37. The van der Waals surface area contributed by atoms with Crippen molar-refractivity contribution < 1.29 is 14.3 Å². The molecule has 0 aliphatic carbocycles. The van der Waals surface area contributed by atoms with E-state index in [9.17, 15) is 4.79 Å². The fourth-order valence-corrected chi connectivity index (χ4v) is 5.70. The van der Waals surface area contributed by atoms with Crippen LogP contribution in [0.5, 0.6) is 17.2 Å². The highest BCUT2D eigenvalue weighted by Gasteiger charge is 2.48. The summed E-state index contributed by atoms with van der Waals surface area (Å²) in [5.41, 5.74) is 11.8. The van der Waals surface area contributed by atoms with Gasteiger partial charge in [-0.3, -0.25) is 15.2 Å². The summed E-state index contributed by atoms with van der Waals surface area (Å²) in [5.74, 6) is 1.68. The highest BCUT2D eigenvalue weighted by Crippen LogP contribution is 2.51. The second-order valence-electron chi connectivity index (χ2n) is 9.11. The molecule has 38 heavy (non-hydrogen) atoms. The fraction of sp³-hybridized carbons (Fsp3) is 0.259. The summed E-state index contributed by atoms with van der Waals surface area (Å²) in [5, 5.41) is 2.68. The Balaban J connectivity index is 1.52. The quantitative estimate of drug-likeness (QED) is 0.348. The highest BCUT2D eigenvalue weighted by molar-refractivity contribution is 6.42. The minimum Gasteiger partial charge on any atom is -0.493 e. The van der Waals surface area contributed by atoms with Crippen LogP contribution in [-0.2, 0) is 9.67 Å². The number of methoxy groups -OCH3 is 1. The Hall–Kier alpha value is -3.33. The summed E-state index contributed by atoms with van der Waals surface area (Å²) in [4.78, 5) is 17.2. The average Bonchev–Trinajstić information content (AvgIpc) is 3.25. The van der Waals surface area contributed by atoms with Crippen molar-refractivity contribution in [1.29, 1.82) is 0 Å². The van der Waals surface area contributed by atoms with Gasteiger partial charge in [0.25, 0.3) is 0 Å². The van der Waals surface area contributed by atoms with Gasteiger partial charge in [-0.15, -0.1) is 11.6 Å². The van der Waals surface area contributed by atoms with E-state index < -0.39 is 4.87 Å². The third-order valence-corrected chi connectivity index (χ3v) is 8.08. The average molecular weight is 575 g/mol. The van der Waals surface area contributed by atoms with Gasteiger partial charge < -0.3 is 20.1 Å². The molecular weight excluding hydrogens is 549 g/mol. The Labute approximate surface area is 235 Å². The zero-order chi connectivity index (χ0) is 27.0. The van der Waals surface area contributed by atoms with Crippen molar-refractivity contribution in [3.63, 3.8) is 0 Å². The van der Waals surface area contributed by atoms with Crippen molar-refractivity contribution in [2.75, 3.05) is 20.2 Å². The molecule has 1 fully saturated rings. The van der Waals surface area contributed by atoms with Crippen LogP contribution in [-0.4, -0.2) is 42.4 Å². The molecule has 2 unspecified atom stereocenters. The number of hydrazine groups is 1. The molecule has 2 aromatic rings. The van der Waals surface area contributed by atoms with E-state index in [1.807, 2.05) is 23.2 Å². The maximum absolute atomic E-state index is 12.3. The molecule has 0 bridgehead atoms. The van der Waals surface area contributed by atoms with E-state index >= 15 is 0 Å². The summed E-state index contributed by atoms with van der Waals surface area (Å²) in [6, 6.07) is 10.5. The summed E-state index contributed by atoms with van der Waals surface area (Å²) < 4.78 is 11.7. The summed E-state index contributed by atoms with van der Waals surface area (Å²) >= 11 is 19.6. The molecule has 5 rings (SSSR count). The maximum Gasteiger partial charge on any atom is 0.245 e. The second kappa shape index (κ2) is 10.4. The molecule has 11 heteroatoms.